The number of anilines is 1. The molecule has 158 valence electrons. The molecule has 0 aliphatic carbocycles. The molecule has 1 fully saturated rings. The quantitative estimate of drug-likeness (QED) is 0.677. The Morgan fingerprint density at radius 2 is 1.97 bits per heavy atom. The molecule has 4 rings (SSSR count). The molecule has 2 N–H and O–H groups in total. The van der Waals surface area contributed by atoms with Gasteiger partial charge in [-0.1, -0.05) is 18.6 Å². The summed E-state index contributed by atoms with van der Waals surface area (Å²) in [6.07, 6.45) is 3.79. The van der Waals surface area contributed by atoms with Crippen LogP contribution in [0.3, 0.4) is 0 Å². The Morgan fingerprint density at radius 3 is 2.70 bits per heavy atom. The van der Waals surface area contributed by atoms with Gasteiger partial charge in [-0.2, -0.15) is 9.50 Å². The van der Waals surface area contributed by atoms with Crippen LogP contribution in [0.2, 0.25) is 0 Å². The molecule has 1 aliphatic rings. The minimum absolute atomic E-state index is 0.0360. The lowest BCUT2D eigenvalue weighted by atomic mass is 10.0. The zero-order valence-electron chi connectivity index (χ0n) is 17.7. The Balaban J connectivity index is 1.42. The molecular formula is C22H28N6O2. The summed E-state index contributed by atoms with van der Waals surface area (Å²) in [5, 5.41) is 5.74. The number of nitrogens with one attached hydrogen (secondary N) is 2. The number of likely N-dealkylation sites (tertiary alicyclic amines) is 1. The lowest BCUT2D eigenvalue weighted by Gasteiger charge is -2.33. The van der Waals surface area contributed by atoms with E-state index in [2.05, 4.69) is 44.3 Å². The highest BCUT2D eigenvalue weighted by atomic mass is 16.2. The first-order chi connectivity index (χ1) is 14.4. The van der Waals surface area contributed by atoms with Crippen molar-refractivity contribution >= 4 is 17.4 Å². The summed E-state index contributed by atoms with van der Waals surface area (Å²) in [6, 6.07) is 8.56. The lowest BCUT2D eigenvalue weighted by Crippen LogP contribution is -2.36. The number of fused-ring (bicyclic) bond motifs is 1. The van der Waals surface area contributed by atoms with Crippen molar-refractivity contribution in [2.45, 2.75) is 59.0 Å². The molecule has 1 unspecified atom stereocenters. The van der Waals surface area contributed by atoms with E-state index in [4.69, 9.17) is 0 Å². The van der Waals surface area contributed by atoms with Crippen molar-refractivity contribution in [1.29, 1.82) is 0 Å². The van der Waals surface area contributed by atoms with Crippen molar-refractivity contribution in [3.63, 3.8) is 0 Å². The summed E-state index contributed by atoms with van der Waals surface area (Å²) in [5.41, 5.74) is 2.55. The zero-order valence-corrected chi connectivity index (χ0v) is 17.7. The van der Waals surface area contributed by atoms with Crippen LogP contribution in [0.15, 0.2) is 29.1 Å². The van der Waals surface area contributed by atoms with Crippen molar-refractivity contribution < 1.29 is 4.79 Å². The van der Waals surface area contributed by atoms with Gasteiger partial charge in [0.25, 0.3) is 11.3 Å². The van der Waals surface area contributed by atoms with Gasteiger partial charge in [-0.3, -0.25) is 19.6 Å². The van der Waals surface area contributed by atoms with Gasteiger partial charge in [0.15, 0.2) is 0 Å². The van der Waals surface area contributed by atoms with Crippen LogP contribution in [0.5, 0.6) is 0 Å². The summed E-state index contributed by atoms with van der Waals surface area (Å²) in [5.74, 6) is 0.669. The molecule has 8 heteroatoms. The lowest BCUT2D eigenvalue weighted by molar-refractivity contribution is -0.115. The van der Waals surface area contributed by atoms with Crippen molar-refractivity contribution in [1.82, 2.24) is 24.5 Å². The monoisotopic (exact) mass is 408 g/mol. The predicted molar refractivity (Wildman–Crippen MR) is 116 cm³/mol. The van der Waals surface area contributed by atoms with Gasteiger partial charge in [0.2, 0.25) is 5.91 Å². The van der Waals surface area contributed by atoms with Crippen LogP contribution in [0.4, 0.5) is 5.69 Å². The van der Waals surface area contributed by atoms with Crippen LogP contribution in [0.1, 0.15) is 48.8 Å². The first-order valence-corrected chi connectivity index (χ1v) is 10.5. The first-order valence-electron chi connectivity index (χ1n) is 10.5. The fraction of sp³-hybridized carbons (Fsp3) is 0.455. The van der Waals surface area contributed by atoms with Gasteiger partial charge in [0, 0.05) is 18.3 Å². The van der Waals surface area contributed by atoms with Gasteiger partial charge < -0.3 is 5.32 Å². The van der Waals surface area contributed by atoms with Crippen LogP contribution in [-0.2, 0) is 17.8 Å². The molecule has 2 aromatic heterocycles. The maximum absolute atomic E-state index is 12.7. The average Bonchev–Trinajstić information content (AvgIpc) is 3.09. The molecule has 1 aliphatic heterocycles. The number of aryl methyl sites for hydroxylation is 2. The smallest absolute Gasteiger partial charge is 0.277 e. The van der Waals surface area contributed by atoms with E-state index in [1.54, 1.807) is 13.8 Å². The molecule has 1 saturated heterocycles. The fourth-order valence-corrected chi connectivity index (χ4v) is 4.05. The second kappa shape index (κ2) is 8.39. The highest BCUT2D eigenvalue weighted by Crippen LogP contribution is 2.20. The predicted octanol–water partition coefficient (Wildman–Crippen LogP) is 2.59. The van der Waals surface area contributed by atoms with E-state index < -0.39 is 0 Å². The number of aromatic amines is 1. The van der Waals surface area contributed by atoms with Crippen molar-refractivity contribution in [3.05, 3.63) is 57.3 Å². The van der Waals surface area contributed by atoms with Gasteiger partial charge in [-0.15, -0.1) is 0 Å². The van der Waals surface area contributed by atoms with Gasteiger partial charge >= 0.3 is 0 Å². The number of carbonyl (C=O) groups is 1. The molecule has 0 radical (unpaired) electrons. The number of benzene rings is 1. The van der Waals surface area contributed by atoms with Gasteiger partial charge in [0.05, 0.1) is 17.7 Å². The molecule has 3 heterocycles. The highest BCUT2D eigenvalue weighted by molar-refractivity contribution is 5.92. The largest absolute Gasteiger partial charge is 0.326 e. The molecule has 8 nitrogen and oxygen atoms in total. The second-order valence-corrected chi connectivity index (χ2v) is 8.16. The number of nitrogens with zero attached hydrogens (tertiary/aromatic N) is 4. The molecule has 1 aromatic carbocycles. The Bertz CT molecular complexity index is 1120. The SMILES string of the molecule is Cc1nc2nc(C)c(CC(=O)Nc3ccc(CN4CCCCC4C)cc3)c(=O)n2[nH]1. The van der Waals surface area contributed by atoms with Crippen molar-refractivity contribution in [3.8, 4) is 0 Å². The van der Waals surface area contributed by atoms with E-state index in [9.17, 15) is 9.59 Å². The number of carbonyl (C=O) groups excluding carboxylic acids is 1. The van der Waals surface area contributed by atoms with E-state index in [1.165, 1.54) is 29.3 Å². The number of rotatable bonds is 5. The molecular weight excluding hydrogens is 380 g/mol. The molecule has 1 amide bonds. The van der Waals surface area contributed by atoms with E-state index in [-0.39, 0.29) is 17.9 Å². The van der Waals surface area contributed by atoms with Crippen LogP contribution >= 0.6 is 0 Å². The number of amides is 1. The Kier molecular flexibility index (Phi) is 5.67. The third-order valence-electron chi connectivity index (χ3n) is 5.81. The Morgan fingerprint density at radius 1 is 1.20 bits per heavy atom. The summed E-state index contributed by atoms with van der Waals surface area (Å²) in [6.45, 7) is 7.84. The maximum atomic E-state index is 12.7. The highest BCUT2D eigenvalue weighted by Gasteiger charge is 2.18. The summed E-state index contributed by atoms with van der Waals surface area (Å²) < 4.78 is 1.28. The van der Waals surface area contributed by atoms with Crippen molar-refractivity contribution in [2.24, 2.45) is 0 Å². The van der Waals surface area contributed by atoms with E-state index in [0.29, 0.717) is 28.9 Å². The van der Waals surface area contributed by atoms with E-state index in [0.717, 1.165) is 18.8 Å². The zero-order chi connectivity index (χ0) is 21.3. The molecule has 0 saturated carbocycles. The minimum atomic E-state index is -0.292. The topological polar surface area (TPSA) is 95.4 Å². The van der Waals surface area contributed by atoms with Gasteiger partial charge in [0.1, 0.15) is 5.82 Å². The Labute approximate surface area is 175 Å². The molecule has 1 atom stereocenters. The second-order valence-electron chi connectivity index (χ2n) is 8.16. The molecule has 0 bridgehead atoms. The number of hydrogen-bond donors (Lipinski definition) is 2. The number of hydrogen-bond acceptors (Lipinski definition) is 5. The third kappa shape index (κ3) is 4.28. The maximum Gasteiger partial charge on any atom is 0.277 e. The summed E-state index contributed by atoms with van der Waals surface area (Å²) in [7, 11) is 0. The molecule has 30 heavy (non-hydrogen) atoms. The van der Waals surface area contributed by atoms with E-state index >= 15 is 0 Å². The van der Waals surface area contributed by atoms with Crippen LogP contribution in [0.25, 0.3) is 5.78 Å². The van der Waals surface area contributed by atoms with Crippen molar-refractivity contribution in [2.75, 3.05) is 11.9 Å². The number of piperidine rings is 1. The average molecular weight is 409 g/mol. The van der Waals surface area contributed by atoms with Crippen LogP contribution in [0, 0.1) is 13.8 Å². The standard InChI is InChI=1S/C22H28N6O2/c1-14-6-4-5-11-27(14)13-17-7-9-18(10-8-17)25-20(29)12-19-15(2)23-22-24-16(3)26-28(22)21(19)30/h7-10,14H,4-6,11-13H2,1-3H3,(H,25,29)(H,23,24,26). The number of aromatic nitrogens is 4. The third-order valence-corrected chi connectivity index (χ3v) is 5.81. The molecule has 0 spiro atoms. The Hall–Kier alpha value is -3.00. The first kappa shape index (κ1) is 20.3. The normalized spacial score (nSPS) is 17.4. The van der Waals surface area contributed by atoms with Crippen LogP contribution < -0.4 is 10.9 Å². The summed E-state index contributed by atoms with van der Waals surface area (Å²) in [4.78, 5) is 36.2. The molecule has 3 aromatic rings. The minimum Gasteiger partial charge on any atom is -0.326 e. The summed E-state index contributed by atoms with van der Waals surface area (Å²) >= 11 is 0. The van der Waals surface area contributed by atoms with E-state index in [1.807, 2.05) is 12.1 Å². The van der Waals surface area contributed by atoms with Gasteiger partial charge in [-0.25, -0.2) is 4.98 Å². The van der Waals surface area contributed by atoms with Gasteiger partial charge in [-0.05, 0) is 57.9 Å². The van der Waals surface area contributed by atoms with Crippen LogP contribution in [-0.4, -0.2) is 43.0 Å². The fourth-order valence-electron chi connectivity index (χ4n) is 4.05. The number of H-pyrrole nitrogens is 1.